The summed E-state index contributed by atoms with van der Waals surface area (Å²) in [4.78, 5) is 12.6. The summed E-state index contributed by atoms with van der Waals surface area (Å²) < 4.78 is 33.0. The number of hydrogen-bond acceptors (Lipinski definition) is 4. The van der Waals surface area contributed by atoms with Gasteiger partial charge in [-0.2, -0.15) is 4.31 Å². The normalized spacial score (nSPS) is 32.2. The predicted molar refractivity (Wildman–Crippen MR) is 92.5 cm³/mol. The first kappa shape index (κ1) is 17.0. The van der Waals surface area contributed by atoms with Crippen LogP contribution in [0, 0.1) is 12.8 Å². The van der Waals surface area contributed by atoms with Crippen molar-refractivity contribution in [2.75, 3.05) is 13.2 Å². The van der Waals surface area contributed by atoms with Crippen molar-refractivity contribution in [1.29, 1.82) is 0 Å². The molecular weight excluding hydrogens is 340 g/mol. The molecule has 7 heteroatoms. The van der Waals surface area contributed by atoms with Crippen molar-refractivity contribution in [3.05, 3.63) is 29.8 Å². The monoisotopic (exact) mass is 364 g/mol. The standard InChI is InChI=1S/C18H24N2O4S/c1-12-4-6-14(7-5-12)25(22,23)20-9-8-13-11-15(17(13)20)19-18(21)16-3-2-10-24-16/h4-7,13,15-17H,2-3,8-11H2,1H3,(H,19,21)/t13-,15+,16+,17-/m1/s1. The quantitative estimate of drug-likeness (QED) is 0.877. The van der Waals surface area contributed by atoms with Crippen LogP contribution in [0.4, 0.5) is 0 Å². The van der Waals surface area contributed by atoms with Gasteiger partial charge in [-0.05, 0) is 50.7 Å². The summed E-state index contributed by atoms with van der Waals surface area (Å²) in [7, 11) is -3.52. The van der Waals surface area contributed by atoms with Crippen molar-refractivity contribution in [1.82, 2.24) is 9.62 Å². The lowest BCUT2D eigenvalue weighted by Gasteiger charge is -2.44. The molecule has 136 valence electrons. The Kier molecular flexibility index (Phi) is 4.33. The molecule has 1 amide bonds. The maximum Gasteiger partial charge on any atom is 0.249 e. The van der Waals surface area contributed by atoms with Crippen LogP contribution in [0.3, 0.4) is 0 Å². The van der Waals surface area contributed by atoms with Crippen molar-refractivity contribution in [3.63, 3.8) is 0 Å². The van der Waals surface area contributed by atoms with Crippen LogP contribution >= 0.6 is 0 Å². The molecular formula is C18H24N2O4S. The molecule has 0 unspecified atom stereocenters. The van der Waals surface area contributed by atoms with Crippen molar-refractivity contribution in [2.45, 2.75) is 55.7 Å². The van der Waals surface area contributed by atoms with E-state index in [2.05, 4.69) is 5.32 Å². The number of fused-ring (bicyclic) bond motifs is 1. The molecule has 3 aliphatic rings. The van der Waals surface area contributed by atoms with Crippen LogP contribution < -0.4 is 5.32 Å². The lowest BCUT2D eigenvalue weighted by molar-refractivity contribution is -0.132. The summed E-state index contributed by atoms with van der Waals surface area (Å²) in [6, 6.07) is 6.73. The van der Waals surface area contributed by atoms with E-state index in [0.29, 0.717) is 24.0 Å². The zero-order valence-corrected chi connectivity index (χ0v) is 15.2. The molecule has 0 spiro atoms. The third kappa shape index (κ3) is 2.98. The highest BCUT2D eigenvalue weighted by molar-refractivity contribution is 7.89. The molecule has 2 heterocycles. The Labute approximate surface area is 148 Å². The zero-order valence-electron chi connectivity index (χ0n) is 14.3. The molecule has 3 fully saturated rings. The molecule has 2 aliphatic heterocycles. The number of nitrogens with one attached hydrogen (secondary N) is 1. The second kappa shape index (κ2) is 6.37. The lowest BCUT2D eigenvalue weighted by atomic mass is 9.75. The van der Waals surface area contributed by atoms with Gasteiger partial charge in [-0.15, -0.1) is 0 Å². The zero-order chi connectivity index (χ0) is 17.6. The number of sulfonamides is 1. The van der Waals surface area contributed by atoms with E-state index < -0.39 is 10.0 Å². The highest BCUT2D eigenvalue weighted by atomic mass is 32.2. The van der Waals surface area contributed by atoms with E-state index in [1.807, 2.05) is 19.1 Å². The molecule has 2 saturated heterocycles. The van der Waals surface area contributed by atoms with E-state index in [4.69, 9.17) is 4.74 Å². The predicted octanol–water partition coefficient (Wildman–Crippen LogP) is 1.44. The fourth-order valence-corrected chi connectivity index (χ4v) is 5.97. The Morgan fingerprint density at radius 1 is 1.24 bits per heavy atom. The summed E-state index contributed by atoms with van der Waals surface area (Å²) in [5.41, 5.74) is 1.03. The van der Waals surface area contributed by atoms with Gasteiger partial charge in [0, 0.05) is 25.2 Å². The molecule has 0 bridgehead atoms. The van der Waals surface area contributed by atoms with Crippen LogP contribution in [0.5, 0.6) is 0 Å². The van der Waals surface area contributed by atoms with Crippen LogP contribution in [-0.2, 0) is 19.6 Å². The number of hydrogen-bond donors (Lipinski definition) is 1. The number of carbonyl (C=O) groups excluding carboxylic acids is 1. The minimum Gasteiger partial charge on any atom is -0.368 e. The van der Waals surface area contributed by atoms with Gasteiger partial charge >= 0.3 is 0 Å². The summed E-state index contributed by atoms with van der Waals surface area (Å²) in [5, 5.41) is 3.02. The van der Waals surface area contributed by atoms with Gasteiger partial charge in [0.05, 0.1) is 4.90 Å². The Hall–Kier alpha value is -1.44. The second-order valence-corrected chi connectivity index (χ2v) is 9.21. The number of amides is 1. The summed E-state index contributed by atoms with van der Waals surface area (Å²) in [6.07, 6.45) is 2.99. The molecule has 1 aliphatic carbocycles. The van der Waals surface area contributed by atoms with Crippen LogP contribution in [0.1, 0.15) is 31.2 Å². The van der Waals surface area contributed by atoms with Crippen LogP contribution in [0.15, 0.2) is 29.2 Å². The Morgan fingerprint density at radius 3 is 2.68 bits per heavy atom. The van der Waals surface area contributed by atoms with Crippen molar-refractivity contribution in [2.24, 2.45) is 5.92 Å². The number of nitrogens with zero attached hydrogens (tertiary/aromatic N) is 1. The highest BCUT2D eigenvalue weighted by Crippen LogP contribution is 2.43. The Bertz CT molecular complexity index is 756. The molecule has 1 saturated carbocycles. The van der Waals surface area contributed by atoms with Gasteiger partial charge in [-0.1, -0.05) is 17.7 Å². The maximum atomic E-state index is 13.0. The van der Waals surface area contributed by atoms with E-state index in [9.17, 15) is 13.2 Å². The first-order valence-electron chi connectivity index (χ1n) is 8.97. The Balaban J connectivity index is 1.49. The minimum absolute atomic E-state index is 0.0967. The number of rotatable bonds is 4. The van der Waals surface area contributed by atoms with Gasteiger partial charge in [0.2, 0.25) is 15.9 Å². The van der Waals surface area contributed by atoms with Gasteiger partial charge in [0.1, 0.15) is 6.10 Å². The summed E-state index contributed by atoms with van der Waals surface area (Å²) >= 11 is 0. The third-order valence-electron chi connectivity index (χ3n) is 5.68. The molecule has 0 aromatic heterocycles. The van der Waals surface area contributed by atoms with Crippen LogP contribution in [-0.4, -0.2) is 50.0 Å². The average Bonchev–Trinajstić information content (AvgIpc) is 3.21. The van der Waals surface area contributed by atoms with Gasteiger partial charge in [0.25, 0.3) is 0 Å². The number of carbonyl (C=O) groups is 1. The van der Waals surface area contributed by atoms with Gasteiger partial charge in [0.15, 0.2) is 0 Å². The molecule has 0 radical (unpaired) electrons. The third-order valence-corrected chi connectivity index (χ3v) is 7.59. The van der Waals surface area contributed by atoms with E-state index >= 15 is 0 Å². The molecule has 6 nitrogen and oxygen atoms in total. The largest absolute Gasteiger partial charge is 0.368 e. The van der Waals surface area contributed by atoms with Crippen molar-refractivity contribution in [3.8, 4) is 0 Å². The fourth-order valence-electron chi connectivity index (χ4n) is 4.23. The van der Waals surface area contributed by atoms with Gasteiger partial charge < -0.3 is 10.1 Å². The first-order valence-corrected chi connectivity index (χ1v) is 10.4. The average molecular weight is 364 g/mol. The molecule has 4 atom stereocenters. The number of ether oxygens (including phenoxy) is 1. The number of benzene rings is 1. The first-order chi connectivity index (χ1) is 12.0. The second-order valence-electron chi connectivity index (χ2n) is 7.32. The van der Waals surface area contributed by atoms with Crippen LogP contribution in [0.2, 0.25) is 0 Å². The number of aryl methyl sites for hydroxylation is 1. The van der Waals surface area contributed by atoms with Crippen molar-refractivity contribution >= 4 is 15.9 Å². The highest BCUT2D eigenvalue weighted by Gasteiger charge is 2.53. The molecule has 1 aromatic rings. The minimum atomic E-state index is -3.52. The molecule has 4 rings (SSSR count). The summed E-state index contributed by atoms with van der Waals surface area (Å²) in [5.74, 6) is 0.246. The topological polar surface area (TPSA) is 75.7 Å². The lowest BCUT2D eigenvalue weighted by Crippen LogP contribution is -2.61. The van der Waals surface area contributed by atoms with E-state index in [1.165, 1.54) is 0 Å². The van der Waals surface area contributed by atoms with E-state index in [0.717, 1.165) is 31.2 Å². The van der Waals surface area contributed by atoms with Gasteiger partial charge in [-0.25, -0.2) is 8.42 Å². The molecule has 1 aromatic carbocycles. The fraction of sp³-hybridized carbons (Fsp3) is 0.611. The van der Waals surface area contributed by atoms with Gasteiger partial charge in [-0.3, -0.25) is 4.79 Å². The SMILES string of the molecule is Cc1ccc(S(=O)(=O)N2CC[C@@H]3C[C@H](NC(=O)[C@@H]4CCCO4)[C@@H]32)cc1. The molecule has 1 N–H and O–H groups in total. The van der Waals surface area contributed by atoms with Crippen LogP contribution in [0.25, 0.3) is 0 Å². The van der Waals surface area contributed by atoms with E-state index in [1.54, 1.807) is 16.4 Å². The maximum absolute atomic E-state index is 13.0. The summed E-state index contributed by atoms with van der Waals surface area (Å²) in [6.45, 7) is 3.09. The smallest absolute Gasteiger partial charge is 0.249 e. The Morgan fingerprint density at radius 2 is 2.00 bits per heavy atom. The van der Waals surface area contributed by atoms with E-state index in [-0.39, 0.29) is 24.1 Å². The molecule has 25 heavy (non-hydrogen) atoms. The van der Waals surface area contributed by atoms with Crippen molar-refractivity contribution < 1.29 is 17.9 Å².